The summed E-state index contributed by atoms with van der Waals surface area (Å²) < 4.78 is 1.76. The molecule has 1 aromatic carbocycles. The summed E-state index contributed by atoms with van der Waals surface area (Å²) in [5, 5.41) is 5.42. The van der Waals surface area contributed by atoms with Crippen molar-refractivity contribution < 1.29 is 4.79 Å². The van der Waals surface area contributed by atoms with Crippen molar-refractivity contribution in [3.05, 3.63) is 59.5 Å². The maximum absolute atomic E-state index is 12.9. The molecule has 1 amide bonds. The Hall–Kier alpha value is -2.73. The Balaban J connectivity index is 1.45. The number of pyridine rings is 1. The lowest BCUT2D eigenvalue weighted by Crippen LogP contribution is -2.35. The Morgan fingerprint density at radius 1 is 1.11 bits per heavy atom. The van der Waals surface area contributed by atoms with Gasteiger partial charge in [0.2, 0.25) is 0 Å². The fourth-order valence-corrected chi connectivity index (χ4v) is 3.76. The first-order valence-electron chi connectivity index (χ1n) is 9.46. The third kappa shape index (κ3) is 3.57. The SMILES string of the molecule is Cc1c(C(=O)N2CCCN(Cc3cccc4ncccc34)CC2)cnn1C. The standard InChI is InChI=1S/C21H25N5O/c1-16-19(14-23-24(16)2)21(27)26-11-5-10-25(12-13-26)15-17-6-3-8-20-18(17)7-4-9-22-20/h3-4,6-9,14H,5,10-13,15H2,1-2H3. The van der Waals surface area contributed by atoms with Crippen molar-refractivity contribution in [1.29, 1.82) is 0 Å². The molecule has 1 saturated heterocycles. The van der Waals surface area contributed by atoms with Crippen LogP contribution in [-0.2, 0) is 13.6 Å². The summed E-state index contributed by atoms with van der Waals surface area (Å²) in [6, 6.07) is 10.4. The molecule has 0 N–H and O–H groups in total. The average molecular weight is 363 g/mol. The van der Waals surface area contributed by atoms with E-state index in [-0.39, 0.29) is 5.91 Å². The molecule has 0 spiro atoms. The van der Waals surface area contributed by atoms with Crippen LogP contribution < -0.4 is 0 Å². The molecule has 0 unspecified atom stereocenters. The lowest BCUT2D eigenvalue weighted by atomic mass is 10.1. The van der Waals surface area contributed by atoms with Crippen molar-refractivity contribution in [2.75, 3.05) is 26.2 Å². The summed E-state index contributed by atoms with van der Waals surface area (Å²) in [6.07, 6.45) is 4.50. The Morgan fingerprint density at radius 3 is 2.81 bits per heavy atom. The molecule has 1 aliphatic rings. The third-order valence-electron chi connectivity index (χ3n) is 5.47. The first-order valence-corrected chi connectivity index (χ1v) is 9.46. The van der Waals surface area contributed by atoms with Crippen LogP contribution in [0.3, 0.4) is 0 Å². The Bertz CT molecular complexity index is 959. The molecular weight excluding hydrogens is 338 g/mol. The van der Waals surface area contributed by atoms with Gasteiger partial charge in [-0.3, -0.25) is 19.4 Å². The molecule has 2 aromatic heterocycles. The van der Waals surface area contributed by atoms with E-state index in [0.717, 1.165) is 50.4 Å². The van der Waals surface area contributed by atoms with Crippen LogP contribution in [-0.4, -0.2) is 56.7 Å². The van der Waals surface area contributed by atoms with E-state index in [1.165, 1.54) is 10.9 Å². The van der Waals surface area contributed by atoms with Crippen LogP contribution in [0.25, 0.3) is 10.9 Å². The predicted molar refractivity (Wildman–Crippen MR) is 105 cm³/mol. The van der Waals surface area contributed by atoms with Gasteiger partial charge in [-0.1, -0.05) is 18.2 Å². The molecule has 6 nitrogen and oxygen atoms in total. The lowest BCUT2D eigenvalue weighted by molar-refractivity contribution is 0.0760. The molecule has 1 fully saturated rings. The molecule has 0 aliphatic carbocycles. The van der Waals surface area contributed by atoms with Crippen molar-refractivity contribution in [2.45, 2.75) is 19.9 Å². The molecule has 4 rings (SSSR count). The first-order chi connectivity index (χ1) is 13.1. The van der Waals surface area contributed by atoms with Gasteiger partial charge in [-0.2, -0.15) is 5.10 Å². The second-order valence-electron chi connectivity index (χ2n) is 7.18. The van der Waals surface area contributed by atoms with Gasteiger partial charge in [-0.15, -0.1) is 0 Å². The van der Waals surface area contributed by atoms with E-state index in [0.29, 0.717) is 5.56 Å². The minimum Gasteiger partial charge on any atom is -0.337 e. The minimum atomic E-state index is 0.0943. The molecule has 6 heteroatoms. The number of benzene rings is 1. The van der Waals surface area contributed by atoms with Crippen molar-refractivity contribution in [3.8, 4) is 0 Å². The van der Waals surface area contributed by atoms with E-state index in [1.54, 1.807) is 10.9 Å². The van der Waals surface area contributed by atoms with E-state index in [9.17, 15) is 4.79 Å². The zero-order chi connectivity index (χ0) is 18.8. The fraction of sp³-hybridized carbons (Fsp3) is 0.381. The fourth-order valence-electron chi connectivity index (χ4n) is 3.76. The zero-order valence-electron chi connectivity index (χ0n) is 15.9. The van der Waals surface area contributed by atoms with Crippen LogP contribution in [0.4, 0.5) is 0 Å². The number of carbonyl (C=O) groups is 1. The number of nitrogens with zero attached hydrogens (tertiary/aromatic N) is 5. The van der Waals surface area contributed by atoms with Gasteiger partial charge in [0, 0.05) is 57.0 Å². The van der Waals surface area contributed by atoms with Crippen LogP contribution in [0.5, 0.6) is 0 Å². The molecule has 27 heavy (non-hydrogen) atoms. The number of amides is 1. The highest BCUT2D eigenvalue weighted by atomic mass is 16.2. The van der Waals surface area contributed by atoms with Gasteiger partial charge < -0.3 is 4.90 Å². The third-order valence-corrected chi connectivity index (χ3v) is 5.47. The van der Waals surface area contributed by atoms with E-state index in [1.807, 2.05) is 31.1 Å². The topological polar surface area (TPSA) is 54.3 Å². The van der Waals surface area contributed by atoms with Crippen molar-refractivity contribution in [3.63, 3.8) is 0 Å². The van der Waals surface area contributed by atoms with Crippen LogP contribution in [0.2, 0.25) is 0 Å². The minimum absolute atomic E-state index is 0.0943. The quantitative estimate of drug-likeness (QED) is 0.718. The van der Waals surface area contributed by atoms with Crippen molar-refractivity contribution in [1.82, 2.24) is 24.6 Å². The molecular formula is C21H25N5O. The molecule has 1 aliphatic heterocycles. The van der Waals surface area contributed by atoms with Crippen LogP contribution in [0, 0.1) is 6.92 Å². The molecule has 3 aromatic rings. The van der Waals surface area contributed by atoms with E-state index in [4.69, 9.17) is 0 Å². The molecule has 0 atom stereocenters. The molecule has 0 radical (unpaired) electrons. The molecule has 140 valence electrons. The molecule has 3 heterocycles. The van der Waals surface area contributed by atoms with Crippen LogP contribution in [0.1, 0.15) is 28.0 Å². The van der Waals surface area contributed by atoms with Crippen LogP contribution >= 0.6 is 0 Å². The van der Waals surface area contributed by atoms with Gasteiger partial charge >= 0.3 is 0 Å². The highest BCUT2D eigenvalue weighted by Crippen LogP contribution is 2.19. The number of rotatable bonds is 3. The summed E-state index contributed by atoms with van der Waals surface area (Å²) in [6.45, 7) is 6.24. The summed E-state index contributed by atoms with van der Waals surface area (Å²) in [5.74, 6) is 0.0943. The van der Waals surface area contributed by atoms with Gasteiger partial charge in [0.1, 0.15) is 0 Å². The Labute approximate surface area is 159 Å². The summed E-state index contributed by atoms with van der Waals surface area (Å²) in [7, 11) is 1.87. The highest BCUT2D eigenvalue weighted by Gasteiger charge is 2.23. The Morgan fingerprint density at radius 2 is 2.00 bits per heavy atom. The van der Waals surface area contributed by atoms with Gasteiger partial charge in [-0.25, -0.2) is 0 Å². The Kier molecular flexibility index (Phi) is 4.90. The largest absolute Gasteiger partial charge is 0.337 e. The van der Waals surface area contributed by atoms with Gasteiger partial charge in [-0.05, 0) is 31.0 Å². The maximum atomic E-state index is 12.9. The first kappa shape index (κ1) is 17.7. The monoisotopic (exact) mass is 363 g/mol. The van der Waals surface area contributed by atoms with Gasteiger partial charge in [0.05, 0.1) is 17.3 Å². The van der Waals surface area contributed by atoms with Crippen molar-refractivity contribution in [2.24, 2.45) is 7.05 Å². The normalized spacial score (nSPS) is 15.9. The number of hydrogen-bond donors (Lipinski definition) is 0. The number of aryl methyl sites for hydroxylation is 1. The average Bonchev–Trinajstić information content (AvgIpc) is 2.88. The maximum Gasteiger partial charge on any atom is 0.257 e. The van der Waals surface area contributed by atoms with Crippen molar-refractivity contribution >= 4 is 16.8 Å². The lowest BCUT2D eigenvalue weighted by Gasteiger charge is -2.22. The van der Waals surface area contributed by atoms with Gasteiger partial charge in [0.15, 0.2) is 0 Å². The second kappa shape index (κ2) is 7.48. The summed E-state index contributed by atoms with van der Waals surface area (Å²) >= 11 is 0. The number of carbonyl (C=O) groups excluding carboxylic acids is 1. The predicted octanol–water partition coefficient (Wildman–Crippen LogP) is 2.62. The number of fused-ring (bicyclic) bond motifs is 1. The molecule has 0 bridgehead atoms. The highest BCUT2D eigenvalue weighted by molar-refractivity contribution is 5.95. The molecule has 0 saturated carbocycles. The number of hydrogen-bond acceptors (Lipinski definition) is 4. The van der Waals surface area contributed by atoms with E-state index in [2.05, 4.69) is 39.2 Å². The smallest absolute Gasteiger partial charge is 0.257 e. The summed E-state index contributed by atoms with van der Waals surface area (Å²) in [5.41, 5.74) is 3.97. The van der Waals surface area contributed by atoms with E-state index >= 15 is 0 Å². The second-order valence-corrected chi connectivity index (χ2v) is 7.18. The number of aromatic nitrogens is 3. The zero-order valence-corrected chi connectivity index (χ0v) is 15.9. The van der Waals surface area contributed by atoms with Gasteiger partial charge in [0.25, 0.3) is 5.91 Å². The van der Waals surface area contributed by atoms with E-state index < -0.39 is 0 Å². The summed E-state index contributed by atoms with van der Waals surface area (Å²) in [4.78, 5) is 21.7. The van der Waals surface area contributed by atoms with Crippen LogP contribution in [0.15, 0.2) is 42.7 Å².